The highest BCUT2D eigenvalue weighted by molar-refractivity contribution is 6.33. The van der Waals surface area contributed by atoms with Gasteiger partial charge < -0.3 is 15.5 Å². The predicted octanol–water partition coefficient (Wildman–Crippen LogP) is 2.27. The lowest BCUT2D eigenvalue weighted by atomic mass is 10.1. The Hall–Kier alpha value is -2.01. The second-order valence-electron chi connectivity index (χ2n) is 4.25. The summed E-state index contributed by atoms with van der Waals surface area (Å²) in [6.45, 7) is 1.89. The van der Waals surface area contributed by atoms with Crippen LogP contribution in [0.2, 0.25) is 5.02 Å². The van der Waals surface area contributed by atoms with E-state index in [4.69, 9.17) is 21.8 Å². The van der Waals surface area contributed by atoms with Gasteiger partial charge in [0.15, 0.2) is 0 Å². The minimum absolute atomic E-state index is 0.0795. The number of rotatable bonds is 4. The Balaban J connectivity index is 2.02. The molecule has 1 unspecified atom stereocenters. The predicted molar refractivity (Wildman–Crippen MR) is 73.0 cm³/mol. The van der Waals surface area contributed by atoms with Crippen molar-refractivity contribution in [2.75, 3.05) is 5.73 Å². The first-order chi connectivity index (χ1) is 9.06. The van der Waals surface area contributed by atoms with Crippen LogP contribution in [0.3, 0.4) is 0 Å². The molecule has 6 heteroatoms. The molecule has 2 aromatic rings. The van der Waals surface area contributed by atoms with Gasteiger partial charge in [-0.2, -0.15) is 0 Å². The van der Waals surface area contributed by atoms with Crippen molar-refractivity contribution < 1.29 is 9.21 Å². The number of hydrogen-bond acceptors (Lipinski definition) is 4. The Morgan fingerprint density at radius 3 is 3.11 bits per heavy atom. The molecule has 0 saturated heterocycles. The van der Waals surface area contributed by atoms with Crippen LogP contribution in [-0.2, 0) is 6.42 Å². The summed E-state index contributed by atoms with van der Waals surface area (Å²) in [7, 11) is 0. The summed E-state index contributed by atoms with van der Waals surface area (Å²) < 4.78 is 5.23. The fourth-order valence-electron chi connectivity index (χ4n) is 1.71. The molecule has 0 bridgehead atoms. The fourth-order valence-corrected chi connectivity index (χ4v) is 1.90. The van der Waals surface area contributed by atoms with Crippen LogP contribution in [0, 0.1) is 0 Å². The van der Waals surface area contributed by atoms with Gasteiger partial charge in [-0.1, -0.05) is 11.6 Å². The molecular weight excluding hydrogens is 266 g/mol. The zero-order valence-corrected chi connectivity index (χ0v) is 11.1. The topological polar surface area (TPSA) is 81.2 Å². The van der Waals surface area contributed by atoms with E-state index in [0.717, 1.165) is 5.76 Å². The highest BCUT2D eigenvalue weighted by atomic mass is 35.5. The molecule has 3 N–H and O–H groups in total. The highest BCUT2D eigenvalue weighted by Gasteiger charge is 2.15. The summed E-state index contributed by atoms with van der Waals surface area (Å²) in [6, 6.07) is 5.05. The number of nitrogens with one attached hydrogen (secondary N) is 1. The van der Waals surface area contributed by atoms with Crippen molar-refractivity contribution in [3.63, 3.8) is 0 Å². The highest BCUT2D eigenvalue weighted by Crippen LogP contribution is 2.16. The summed E-state index contributed by atoms with van der Waals surface area (Å²) in [5.41, 5.74) is 5.86. The number of nitrogen functional groups attached to an aromatic ring is 1. The van der Waals surface area contributed by atoms with Gasteiger partial charge in [0.25, 0.3) is 5.91 Å². The molecule has 1 amide bonds. The zero-order valence-electron chi connectivity index (χ0n) is 10.4. The normalized spacial score (nSPS) is 12.1. The van der Waals surface area contributed by atoms with Gasteiger partial charge in [0.05, 0.1) is 16.8 Å². The van der Waals surface area contributed by atoms with Crippen LogP contribution in [0.1, 0.15) is 23.0 Å². The number of nitrogens with zero attached hydrogens (tertiary/aromatic N) is 1. The Morgan fingerprint density at radius 2 is 2.42 bits per heavy atom. The van der Waals surface area contributed by atoms with Crippen LogP contribution < -0.4 is 11.1 Å². The number of nitrogens with two attached hydrogens (primary N) is 1. The Kier molecular flexibility index (Phi) is 4.06. The van der Waals surface area contributed by atoms with Crippen molar-refractivity contribution in [1.82, 2.24) is 10.3 Å². The van der Waals surface area contributed by atoms with E-state index < -0.39 is 0 Å². The first-order valence-electron chi connectivity index (χ1n) is 5.80. The Bertz CT molecular complexity index is 569. The Labute approximate surface area is 115 Å². The van der Waals surface area contributed by atoms with Crippen LogP contribution in [0.25, 0.3) is 0 Å². The first-order valence-corrected chi connectivity index (χ1v) is 6.18. The smallest absolute Gasteiger partial charge is 0.253 e. The van der Waals surface area contributed by atoms with E-state index in [2.05, 4.69) is 10.3 Å². The average Bonchev–Trinajstić information content (AvgIpc) is 2.84. The van der Waals surface area contributed by atoms with Crippen molar-refractivity contribution in [3.8, 4) is 0 Å². The van der Waals surface area contributed by atoms with Gasteiger partial charge in [-0.25, -0.2) is 4.98 Å². The molecule has 19 heavy (non-hydrogen) atoms. The van der Waals surface area contributed by atoms with E-state index in [1.807, 2.05) is 19.1 Å². The van der Waals surface area contributed by atoms with Crippen molar-refractivity contribution in [1.29, 1.82) is 0 Å². The number of halogens is 1. The molecule has 100 valence electrons. The fraction of sp³-hybridized carbons (Fsp3) is 0.231. The lowest BCUT2D eigenvalue weighted by Crippen LogP contribution is -2.34. The maximum Gasteiger partial charge on any atom is 0.253 e. The van der Waals surface area contributed by atoms with Gasteiger partial charge in [-0.05, 0) is 25.1 Å². The molecule has 0 aliphatic rings. The van der Waals surface area contributed by atoms with Gasteiger partial charge in [0, 0.05) is 18.7 Å². The molecule has 2 aromatic heterocycles. The molecule has 1 atom stereocenters. The number of amides is 1. The van der Waals surface area contributed by atoms with E-state index in [0.29, 0.717) is 12.0 Å². The minimum atomic E-state index is -0.279. The van der Waals surface area contributed by atoms with Crippen LogP contribution in [0.5, 0.6) is 0 Å². The maximum absolute atomic E-state index is 12.0. The largest absolute Gasteiger partial charge is 0.469 e. The molecule has 0 spiro atoms. The van der Waals surface area contributed by atoms with E-state index in [9.17, 15) is 4.79 Å². The van der Waals surface area contributed by atoms with Crippen LogP contribution in [0.4, 0.5) is 5.82 Å². The molecule has 0 radical (unpaired) electrons. The van der Waals surface area contributed by atoms with Gasteiger partial charge in [0.1, 0.15) is 11.6 Å². The summed E-state index contributed by atoms with van der Waals surface area (Å²) in [6.07, 6.45) is 3.57. The molecule has 2 rings (SSSR count). The van der Waals surface area contributed by atoms with Gasteiger partial charge >= 0.3 is 0 Å². The van der Waals surface area contributed by atoms with E-state index in [1.54, 1.807) is 6.26 Å². The summed E-state index contributed by atoms with van der Waals surface area (Å²) in [4.78, 5) is 15.9. The van der Waals surface area contributed by atoms with Gasteiger partial charge in [0.2, 0.25) is 0 Å². The number of furan rings is 1. The quantitative estimate of drug-likeness (QED) is 0.899. The standard InChI is InChI=1S/C13H14ClN3O2/c1-8(5-9-3-2-4-19-9)17-13(18)10-6-12(15)16-7-11(10)14/h2-4,6-8H,5H2,1H3,(H2,15,16)(H,17,18). The average molecular weight is 280 g/mol. The summed E-state index contributed by atoms with van der Waals surface area (Å²) in [5.74, 6) is 0.791. The van der Waals surface area contributed by atoms with E-state index in [1.165, 1.54) is 12.3 Å². The molecule has 0 aliphatic heterocycles. The third-order valence-corrected chi connectivity index (χ3v) is 2.89. The first kappa shape index (κ1) is 13.4. The van der Waals surface area contributed by atoms with Crippen LogP contribution in [-0.4, -0.2) is 16.9 Å². The SMILES string of the molecule is CC(Cc1ccco1)NC(=O)c1cc(N)ncc1Cl. The second-order valence-corrected chi connectivity index (χ2v) is 4.65. The number of carbonyl (C=O) groups excluding carboxylic acids is 1. The molecule has 0 aliphatic carbocycles. The minimum Gasteiger partial charge on any atom is -0.469 e. The number of anilines is 1. The van der Waals surface area contributed by atoms with Crippen LogP contribution >= 0.6 is 11.6 Å². The molecule has 2 heterocycles. The number of hydrogen-bond donors (Lipinski definition) is 2. The molecular formula is C13H14ClN3O2. The van der Waals surface area contributed by atoms with Gasteiger partial charge in [-0.3, -0.25) is 4.79 Å². The van der Waals surface area contributed by atoms with Gasteiger partial charge in [-0.15, -0.1) is 0 Å². The third-order valence-electron chi connectivity index (χ3n) is 2.59. The van der Waals surface area contributed by atoms with Crippen molar-refractivity contribution >= 4 is 23.3 Å². The molecule has 5 nitrogen and oxygen atoms in total. The van der Waals surface area contributed by atoms with E-state index in [-0.39, 0.29) is 22.8 Å². The van der Waals surface area contributed by atoms with Crippen molar-refractivity contribution in [2.45, 2.75) is 19.4 Å². The summed E-state index contributed by atoms with van der Waals surface area (Å²) in [5, 5.41) is 3.11. The molecule has 0 fully saturated rings. The number of pyridine rings is 1. The lowest BCUT2D eigenvalue weighted by Gasteiger charge is -2.13. The van der Waals surface area contributed by atoms with Crippen molar-refractivity contribution in [3.05, 3.63) is 47.0 Å². The van der Waals surface area contributed by atoms with E-state index >= 15 is 0 Å². The number of carbonyl (C=O) groups is 1. The monoisotopic (exact) mass is 279 g/mol. The summed E-state index contributed by atoms with van der Waals surface area (Å²) >= 11 is 5.92. The third kappa shape index (κ3) is 3.48. The van der Waals surface area contributed by atoms with Crippen LogP contribution in [0.15, 0.2) is 35.1 Å². The second kappa shape index (κ2) is 5.75. The molecule has 0 saturated carbocycles. The zero-order chi connectivity index (χ0) is 13.8. The van der Waals surface area contributed by atoms with Crippen molar-refractivity contribution in [2.24, 2.45) is 0 Å². The lowest BCUT2D eigenvalue weighted by molar-refractivity contribution is 0.0939. The maximum atomic E-state index is 12.0. The number of aromatic nitrogens is 1. The Morgan fingerprint density at radius 1 is 1.63 bits per heavy atom. The molecule has 0 aromatic carbocycles.